The Kier molecular flexibility index (Phi) is 4.63. The maximum absolute atomic E-state index is 10.9. The highest BCUT2D eigenvalue weighted by molar-refractivity contribution is 5.88. The molecule has 1 heterocycles. The number of esters is 2. The minimum atomic E-state index is -0.346. The molecule has 1 saturated heterocycles. The van der Waals surface area contributed by atoms with E-state index in [0.717, 1.165) is 12.8 Å². The van der Waals surface area contributed by atoms with Gasteiger partial charge in [-0.15, -0.1) is 0 Å². The van der Waals surface area contributed by atoms with Gasteiger partial charge >= 0.3 is 11.9 Å². The Morgan fingerprint density at radius 3 is 2.36 bits per heavy atom. The molecule has 3 heteroatoms. The van der Waals surface area contributed by atoms with Crippen LogP contribution in [0.25, 0.3) is 0 Å². The van der Waals surface area contributed by atoms with Crippen LogP contribution in [0, 0.1) is 5.92 Å². The molecular formula is C11H18O3. The van der Waals surface area contributed by atoms with Crippen molar-refractivity contribution in [3.63, 3.8) is 0 Å². The lowest BCUT2D eigenvalue weighted by Gasteiger charge is -2.19. The summed E-state index contributed by atoms with van der Waals surface area (Å²) in [6.45, 7) is 2.17. The van der Waals surface area contributed by atoms with Crippen LogP contribution in [0.4, 0.5) is 0 Å². The highest BCUT2D eigenvalue weighted by Gasteiger charge is 2.26. The topological polar surface area (TPSA) is 43.4 Å². The van der Waals surface area contributed by atoms with E-state index in [9.17, 15) is 9.59 Å². The molecular weight excluding hydrogens is 180 g/mol. The van der Waals surface area contributed by atoms with Gasteiger partial charge in [0.2, 0.25) is 0 Å². The van der Waals surface area contributed by atoms with E-state index in [1.165, 1.54) is 19.3 Å². The number of hydrogen-bond acceptors (Lipinski definition) is 3. The van der Waals surface area contributed by atoms with Crippen molar-refractivity contribution in [3.8, 4) is 0 Å². The van der Waals surface area contributed by atoms with Crippen LogP contribution in [0.5, 0.6) is 0 Å². The average molecular weight is 198 g/mol. The van der Waals surface area contributed by atoms with Gasteiger partial charge in [-0.05, 0) is 12.3 Å². The molecule has 1 fully saturated rings. The molecule has 3 nitrogen and oxygen atoms in total. The van der Waals surface area contributed by atoms with Crippen molar-refractivity contribution in [2.75, 3.05) is 0 Å². The Morgan fingerprint density at radius 2 is 1.79 bits per heavy atom. The molecule has 0 spiro atoms. The highest BCUT2D eigenvalue weighted by Crippen LogP contribution is 2.22. The largest absolute Gasteiger partial charge is 0.393 e. The van der Waals surface area contributed by atoms with E-state index in [1.54, 1.807) is 0 Å². The predicted molar refractivity (Wildman–Crippen MR) is 52.6 cm³/mol. The molecule has 0 aromatic heterocycles. The molecule has 1 rings (SSSR count). The van der Waals surface area contributed by atoms with Crippen molar-refractivity contribution >= 4 is 11.9 Å². The Bertz CT molecular complexity index is 195. The number of carbonyl (C=O) groups excluding carboxylic acids is 2. The van der Waals surface area contributed by atoms with Gasteiger partial charge < -0.3 is 4.74 Å². The van der Waals surface area contributed by atoms with Crippen LogP contribution in [0.3, 0.4) is 0 Å². The summed E-state index contributed by atoms with van der Waals surface area (Å²) in [7, 11) is 0. The second-order valence-corrected chi connectivity index (χ2v) is 3.97. The molecule has 0 unspecified atom stereocenters. The minimum Gasteiger partial charge on any atom is -0.393 e. The molecule has 0 aromatic rings. The van der Waals surface area contributed by atoms with E-state index >= 15 is 0 Å². The second-order valence-electron chi connectivity index (χ2n) is 3.97. The van der Waals surface area contributed by atoms with Gasteiger partial charge in [0.15, 0.2) is 0 Å². The molecule has 1 aliphatic heterocycles. The maximum atomic E-state index is 10.9. The summed E-state index contributed by atoms with van der Waals surface area (Å²) in [5.74, 6) is -0.455. The van der Waals surface area contributed by atoms with Gasteiger partial charge in [0.1, 0.15) is 0 Å². The minimum absolute atomic E-state index is 0.237. The number of carbonyl (C=O) groups is 2. The van der Waals surface area contributed by atoms with Crippen LogP contribution in [0.1, 0.15) is 51.9 Å². The first-order valence-electron chi connectivity index (χ1n) is 5.46. The van der Waals surface area contributed by atoms with E-state index in [0.29, 0.717) is 12.8 Å². The lowest BCUT2D eigenvalue weighted by Crippen LogP contribution is -2.25. The van der Waals surface area contributed by atoms with E-state index in [-0.39, 0.29) is 17.9 Å². The Hall–Kier alpha value is -0.860. The maximum Gasteiger partial charge on any atom is 0.313 e. The fourth-order valence-electron chi connectivity index (χ4n) is 1.82. The molecule has 0 radical (unpaired) electrons. The first-order valence-corrected chi connectivity index (χ1v) is 5.46. The molecule has 0 amide bonds. The quantitative estimate of drug-likeness (QED) is 0.387. The third-order valence-electron chi connectivity index (χ3n) is 2.60. The summed E-state index contributed by atoms with van der Waals surface area (Å²) in [4.78, 5) is 21.9. The van der Waals surface area contributed by atoms with Gasteiger partial charge in [-0.3, -0.25) is 9.59 Å². The average Bonchev–Trinajstić information content (AvgIpc) is 2.11. The number of ether oxygens (including phenoxy) is 1. The van der Waals surface area contributed by atoms with Gasteiger partial charge in [0.25, 0.3) is 0 Å². The van der Waals surface area contributed by atoms with Crippen LogP contribution in [-0.4, -0.2) is 11.9 Å². The van der Waals surface area contributed by atoms with Gasteiger partial charge in [-0.2, -0.15) is 0 Å². The predicted octanol–water partition coefficient (Wildman–Crippen LogP) is 2.44. The highest BCUT2D eigenvalue weighted by atomic mass is 16.6. The number of unbranched alkanes of at least 4 members (excludes halogenated alkanes) is 3. The molecule has 0 aliphatic carbocycles. The first kappa shape index (κ1) is 11.2. The van der Waals surface area contributed by atoms with Crippen molar-refractivity contribution in [1.82, 2.24) is 0 Å². The van der Waals surface area contributed by atoms with E-state index in [4.69, 9.17) is 0 Å². The van der Waals surface area contributed by atoms with Crippen molar-refractivity contribution in [3.05, 3.63) is 0 Å². The van der Waals surface area contributed by atoms with Gasteiger partial charge in [0, 0.05) is 12.8 Å². The zero-order chi connectivity index (χ0) is 10.4. The molecule has 0 N–H and O–H groups in total. The molecule has 0 aromatic carbocycles. The summed E-state index contributed by atoms with van der Waals surface area (Å²) >= 11 is 0. The first-order chi connectivity index (χ1) is 6.72. The third-order valence-corrected chi connectivity index (χ3v) is 2.60. The zero-order valence-electron chi connectivity index (χ0n) is 8.75. The lowest BCUT2D eigenvalue weighted by atomic mass is 9.93. The Balaban J connectivity index is 2.17. The number of rotatable bonds is 5. The molecule has 0 atom stereocenters. The summed E-state index contributed by atoms with van der Waals surface area (Å²) in [5.41, 5.74) is 0. The fourth-order valence-corrected chi connectivity index (χ4v) is 1.82. The van der Waals surface area contributed by atoms with Gasteiger partial charge in [0.05, 0.1) is 0 Å². The van der Waals surface area contributed by atoms with Gasteiger partial charge in [-0.25, -0.2) is 0 Å². The van der Waals surface area contributed by atoms with E-state index < -0.39 is 0 Å². The Labute approximate surface area is 84.8 Å². The standard InChI is InChI=1S/C11H18O3/c1-2-3-4-5-6-9-7-10(12)14-11(13)8-9/h9H,2-8H2,1H3. The van der Waals surface area contributed by atoms with E-state index in [1.807, 2.05) is 0 Å². The van der Waals surface area contributed by atoms with E-state index in [2.05, 4.69) is 11.7 Å². The molecule has 14 heavy (non-hydrogen) atoms. The lowest BCUT2D eigenvalue weighted by molar-refractivity contribution is -0.165. The number of hydrogen-bond donors (Lipinski definition) is 0. The fraction of sp³-hybridized carbons (Fsp3) is 0.818. The molecule has 1 aliphatic rings. The van der Waals surface area contributed by atoms with Gasteiger partial charge in [-0.1, -0.05) is 32.6 Å². The second kappa shape index (κ2) is 5.78. The van der Waals surface area contributed by atoms with Crippen molar-refractivity contribution < 1.29 is 14.3 Å². The van der Waals surface area contributed by atoms with Crippen molar-refractivity contribution in [2.45, 2.75) is 51.9 Å². The molecule has 80 valence electrons. The smallest absolute Gasteiger partial charge is 0.313 e. The number of cyclic esters (lactones) is 2. The summed E-state index contributed by atoms with van der Waals surface area (Å²) in [5, 5.41) is 0. The normalized spacial score (nSPS) is 18.4. The SMILES string of the molecule is CCCCCCC1CC(=O)OC(=O)C1. The molecule has 0 bridgehead atoms. The van der Waals surface area contributed by atoms with Crippen LogP contribution >= 0.6 is 0 Å². The van der Waals surface area contributed by atoms with Crippen LogP contribution in [0.2, 0.25) is 0 Å². The van der Waals surface area contributed by atoms with Crippen molar-refractivity contribution in [1.29, 1.82) is 0 Å². The van der Waals surface area contributed by atoms with Crippen LogP contribution < -0.4 is 0 Å². The van der Waals surface area contributed by atoms with Crippen molar-refractivity contribution in [2.24, 2.45) is 5.92 Å². The summed E-state index contributed by atoms with van der Waals surface area (Å²) in [6, 6.07) is 0. The van der Waals surface area contributed by atoms with Crippen LogP contribution in [-0.2, 0) is 14.3 Å². The third kappa shape index (κ3) is 3.90. The molecule has 0 saturated carbocycles. The monoisotopic (exact) mass is 198 g/mol. The Morgan fingerprint density at radius 1 is 1.14 bits per heavy atom. The van der Waals surface area contributed by atoms with Crippen LogP contribution in [0.15, 0.2) is 0 Å². The zero-order valence-corrected chi connectivity index (χ0v) is 8.75. The summed E-state index contributed by atoms with van der Waals surface area (Å²) < 4.78 is 4.47. The summed E-state index contributed by atoms with van der Waals surface area (Å²) in [6.07, 6.45) is 6.63.